The van der Waals surface area contributed by atoms with Crippen LogP contribution in [-0.4, -0.2) is 79.1 Å². The Bertz CT molecular complexity index is 844. The summed E-state index contributed by atoms with van der Waals surface area (Å²) in [4.78, 5) is 27.6. The summed E-state index contributed by atoms with van der Waals surface area (Å²) in [7, 11) is 0. The van der Waals surface area contributed by atoms with Crippen LogP contribution in [0.5, 0.6) is 5.75 Å². The number of rotatable bonds is 4. The number of morpholine rings is 1. The van der Waals surface area contributed by atoms with Crippen LogP contribution in [-0.2, 0) is 20.9 Å². The number of piperidine rings is 1. The molecule has 0 radical (unpaired) electrons. The second-order valence-corrected chi connectivity index (χ2v) is 8.01. The fourth-order valence-corrected chi connectivity index (χ4v) is 4.01. The molecule has 11 heteroatoms. The summed E-state index contributed by atoms with van der Waals surface area (Å²) in [5.74, 6) is -0.432. The number of ether oxygens (including phenoxy) is 3. The Kier molecular flexibility index (Phi) is 5.98. The molecule has 170 valence electrons. The van der Waals surface area contributed by atoms with Crippen LogP contribution in [0, 0.1) is 6.92 Å². The van der Waals surface area contributed by atoms with Gasteiger partial charge in [-0.15, -0.1) is 13.2 Å². The van der Waals surface area contributed by atoms with Gasteiger partial charge in [0.25, 0.3) is 0 Å². The van der Waals surface area contributed by atoms with Crippen molar-refractivity contribution in [3.63, 3.8) is 0 Å². The third-order valence-corrected chi connectivity index (χ3v) is 5.74. The van der Waals surface area contributed by atoms with E-state index in [0.29, 0.717) is 38.2 Å². The highest BCUT2D eigenvalue weighted by molar-refractivity contribution is 5.79. The third-order valence-electron chi connectivity index (χ3n) is 5.74. The van der Waals surface area contributed by atoms with Crippen LogP contribution in [0.25, 0.3) is 0 Å². The molecule has 8 nitrogen and oxygen atoms in total. The molecule has 2 atom stereocenters. The van der Waals surface area contributed by atoms with Gasteiger partial charge in [0.1, 0.15) is 12.4 Å². The fraction of sp³-hybridized carbons (Fsp3) is 0.600. The molecule has 3 aliphatic heterocycles. The Balaban J connectivity index is 1.22. The van der Waals surface area contributed by atoms with Gasteiger partial charge in [-0.3, -0.25) is 4.79 Å². The molecule has 31 heavy (non-hydrogen) atoms. The van der Waals surface area contributed by atoms with Crippen molar-refractivity contribution < 1.29 is 37.0 Å². The van der Waals surface area contributed by atoms with Gasteiger partial charge < -0.3 is 29.3 Å². The number of aryl methyl sites for hydroxylation is 1. The van der Waals surface area contributed by atoms with Crippen molar-refractivity contribution in [2.24, 2.45) is 0 Å². The van der Waals surface area contributed by atoms with E-state index in [0.717, 1.165) is 5.56 Å². The Hall–Kier alpha value is -2.53. The minimum atomic E-state index is -4.72. The number of fused-ring (bicyclic) bond motifs is 1. The minimum absolute atomic E-state index is 0.0506. The van der Waals surface area contributed by atoms with Gasteiger partial charge in [-0.25, -0.2) is 4.79 Å². The number of likely N-dealkylation sites (tertiary alicyclic amines) is 2. The summed E-state index contributed by atoms with van der Waals surface area (Å²) in [5, 5.41) is 2.87. The van der Waals surface area contributed by atoms with E-state index < -0.39 is 6.36 Å². The summed E-state index contributed by atoms with van der Waals surface area (Å²) in [5.41, 5.74) is 1.39. The molecule has 3 fully saturated rings. The van der Waals surface area contributed by atoms with Crippen LogP contribution in [0.3, 0.4) is 0 Å². The predicted octanol–water partition coefficient (Wildman–Crippen LogP) is 1.80. The standard InChI is InChI=1S/C20H24F3N3O5/c1-12-6-14(31-20(21,22)23)3-2-13(12)10-29-15-7-26(8-15)19(28)25-5-4-17-16(9-25)24-18(27)11-30-17/h2-3,6,15-17H,4-5,7-11H2,1H3,(H,24,27)/t16-,17+/m1/s1. The molecular weight excluding hydrogens is 419 g/mol. The van der Waals surface area contributed by atoms with Gasteiger partial charge in [-0.05, 0) is 36.6 Å². The maximum absolute atomic E-state index is 12.7. The zero-order chi connectivity index (χ0) is 22.2. The highest BCUT2D eigenvalue weighted by atomic mass is 19.4. The number of hydrogen-bond donors (Lipinski definition) is 1. The van der Waals surface area contributed by atoms with Crippen LogP contribution in [0.1, 0.15) is 17.5 Å². The van der Waals surface area contributed by atoms with Crippen molar-refractivity contribution in [1.82, 2.24) is 15.1 Å². The second kappa shape index (κ2) is 8.54. The summed E-state index contributed by atoms with van der Waals surface area (Å²) >= 11 is 0. The number of alkyl halides is 3. The summed E-state index contributed by atoms with van der Waals surface area (Å²) < 4.78 is 52.1. The lowest BCUT2D eigenvalue weighted by atomic mass is 10.0. The first-order valence-corrected chi connectivity index (χ1v) is 10.1. The Labute approximate surface area is 177 Å². The van der Waals surface area contributed by atoms with Crippen molar-refractivity contribution in [2.75, 3.05) is 32.8 Å². The number of halogens is 3. The van der Waals surface area contributed by atoms with Crippen molar-refractivity contribution in [2.45, 2.75) is 44.6 Å². The largest absolute Gasteiger partial charge is 0.573 e. The van der Waals surface area contributed by atoms with Gasteiger partial charge in [-0.2, -0.15) is 0 Å². The molecule has 0 saturated carbocycles. The first-order valence-electron chi connectivity index (χ1n) is 10.1. The van der Waals surface area contributed by atoms with Gasteiger partial charge in [0.05, 0.1) is 37.9 Å². The number of nitrogens with zero attached hydrogens (tertiary/aromatic N) is 2. The lowest BCUT2D eigenvalue weighted by molar-refractivity contribution is -0.274. The monoisotopic (exact) mass is 443 g/mol. The molecule has 3 heterocycles. The van der Waals surface area contributed by atoms with Gasteiger partial charge in [0, 0.05) is 13.1 Å². The van der Waals surface area contributed by atoms with E-state index in [2.05, 4.69) is 10.1 Å². The fourth-order valence-electron chi connectivity index (χ4n) is 4.01. The van der Waals surface area contributed by atoms with Crippen LogP contribution in [0.4, 0.5) is 18.0 Å². The lowest BCUT2D eigenvalue weighted by Gasteiger charge is -2.46. The number of carbonyl (C=O) groups excluding carboxylic acids is 2. The molecular formula is C20H24F3N3O5. The van der Waals surface area contributed by atoms with E-state index in [1.165, 1.54) is 12.1 Å². The molecule has 0 bridgehead atoms. The third kappa shape index (κ3) is 5.21. The number of amides is 3. The number of carbonyl (C=O) groups is 2. The van der Waals surface area contributed by atoms with E-state index in [-0.39, 0.29) is 49.2 Å². The van der Waals surface area contributed by atoms with Crippen molar-refractivity contribution in [3.05, 3.63) is 29.3 Å². The van der Waals surface area contributed by atoms with Gasteiger partial charge in [0.2, 0.25) is 5.91 Å². The highest BCUT2D eigenvalue weighted by Gasteiger charge is 2.40. The van der Waals surface area contributed by atoms with E-state index in [9.17, 15) is 22.8 Å². The molecule has 0 spiro atoms. The highest BCUT2D eigenvalue weighted by Crippen LogP contribution is 2.26. The summed E-state index contributed by atoms with van der Waals surface area (Å²) in [6.07, 6.45) is -4.23. The molecule has 1 aromatic rings. The molecule has 3 saturated heterocycles. The average molecular weight is 443 g/mol. The number of urea groups is 1. The smallest absolute Gasteiger partial charge is 0.406 e. The molecule has 3 amide bonds. The molecule has 4 rings (SSSR count). The van der Waals surface area contributed by atoms with Crippen LogP contribution >= 0.6 is 0 Å². The van der Waals surface area contributed by atoms with Crippen LogP contribution in [0.15, 0.2) is 18.2 Å². The van der Waals surface area contributed by atoms with Gasteiger partial charge in [-0.1, -0.05) is 6.07 Å². The Morgan fingerprint density at radius 3 is 2.74 bits per heavy atom. The van der Waals surface area contributed by atoms with Gasteiger partial charge >= 0.3 is 12.4 Å². The lowest BCUT2D eigenvalue weighted by Crippen LogP contribution is -2.65. The van der Waals surface area contributed by atoms with Crippen LogP contribution in [0.2, 0.25) is 0 Å². The zero-order valence-corrected chi connectivity index (χ0v) is 17.0. The molecule has 0 aromatic heterocycles. The Morgan fingerprint density at radius 2 is 2.03 bits per heavy atom. The zero-order valence-electron chi connectivity index (χ0n) is 17.0. The molecule has 1 aromatic carbocycles. The quantitative estimate of drug-likeness (QED) is 0.768. The van der Waals surface area contributed by atoms with E-state index in [1.54, 1.807) is 22.8 Å². The normalized spacial score (nSPS) is 24.3. The Morgan fingerprint density at radius 1 is 1.26 bits per heavy atom. The molecule has 3 aliphatic rings. The molecule has 0 aliphatic carbocycles. The number of nitrogens with one attached hydrogen (secondary N) is 1. The van der Waals surface area contributed by atoms with Crippen molar-refractivity contribution in [1.29, 1.82) is 0 Å². The average Bonchev–Trinajstić information content (AvgIpc) is 2.66. The summed E-state index contributed by atoms with van der Waals surface area (Å²) in [6.45, 7) is 3.88. The van der Waals surface area contributed by atoms with Gasteiger partial charge in [0.15, 0.2) is 0 Å². The SMILES string of the molecule is Cc1cc(OC(F)(F)F)ccc1COC1CN(C(=O)N2CC[C@@H]3OCC(=O)N[C@@H]3C2)C1. The van der Waals surface area contributed by atoms with E-state index >= 15 is 0 Å². The predicted molar refractivity (Wildman–Crippen MR) is 101 cm³/mol. The first kappa shape index (κ1) is 21.7. The van der Waals surface area contributed by atoms with Crippen molar-refractivity contribution in [3.8, 4) is 5.75 Å². The van der Waals surface area contributed by atoms with E-state index in [4.69, 9.17) is 9.47 Å². The maximum Gasteiger partial charge on any atom is 0.573 e. The topological polar surface area (TPSA) is 80.3 Å². The molecule has 0 unspecified atom stereocenters. The minimum Gasteiger partial charge on any atom is -0.406 e. The van der Waals surface area contributed by atoms with Crippen LogP contribution < -0.4 is 10.1 Å². The number of hydrogen-bond acceptors (Lipinski definition) is 5. The number of benzene rings is 1. The molecule has 1 N–H and O–H groups in total. The summed E-state index contributed by atoms with van der Waals surface area (Å²) in [6, 6.07) is 3.85. The second-order valence-electron chi connectivity index (χ2n) is 8.01. The first-order chi connectivity index (χ1) is 14.7. The van der Waals surface area contributed by atoms with E-state index in [1.807, 2.05) is 0 Å². The maximum atomic E-state index is 12.7. The van der Waals surface area contributed by atoms with Crippen molar-refractivity contribution >= 4 is 11.9 Å².